The Hall–Kier alpha value is -1.81. The van der Waals surface area contributed by atoms with Gasteiger partial charge in [0.2, 0.25) is 0 Å². The Labute approximate surface area is 117 Å². The summed E-state index contributed by atoms with van der Waals surface area (Å²) in [5.74, 6) is 0.800. The molecular weight excluding hydrogens is 256 g/mol. The van der Waals surface area contributed by atoms with Crippen LogP contribution in [0.1, 0.15) is 15.9 Å². The number of nitrogens with zero attached hydrogens (tertiary/aromatic N) is 1. The van der Waals surface area contributed by atoms with E-state index in [9.17, 15) is 4.79 Å². The van der Waals surface area contributed by atoms with Crippen LogP contribution < -0.4 is 5.32 Å². The number of carbonyl (C=O) groups is 1. The highest BCUT2D eigenvalue weighted by molar-refractivity contribution is 7.99. The van der Waals surface area contributed by atoms with Crippen molar-refractivity contribution < 1.29 is 4.79 Å². The van der Waals surface area contributed by atoms with E-state index in [0.29, 0.717) is 6.54 Å². The molecule has 1 heterocycles. The van der Waals surface area contributed by atoms with E-state index in [0.717, 1.165) is 21.9 Å². The molecule has 0 aliphatic rings. The summed E-state index contributed by atoms with van der Waals surface area (Å²) >= 11 is 1.64. The van der Waals surface area contributed by atoms with E-state index in [1.807, 2.05) is 49.4 Å². The Balaban J connectivity index is 1.77. The molecule has 0 radical (unpaired) electrons. The van der Waals surface area contributed by atoms with Gasteiger partial charge in [-0.1, -0.05) is 24.3 Å². The quantitative estimate of drug-likeness (QED) is 0.672. The van der Waals surface area contributed by atoms with Crippen LogP contribution in [-0.2, 0) is 0 Å². The monoisotopic (exact) mass is 272 g/mol. The standard InChI is InChI=1S/C15H16N2OS/c1-12-6-2-3-7-13(12)15(18)17-10-11-19-14-8-4-5-9-16-14/h2-9H,10-11H2,1H3,(H,17,18). The molecule has 0 aliphatic carbocycles. The van der Waals surface area contributed by atoms with Gasteiger partial charge >= 0.3 is 0 Å². The molecule has 0 saturated carbocycles. The molecule has 1 aromatic carbocycles. The van der Waals surface area contributed by atoms with Crippen molar-refractivity contribution in [3.63, 3.8) is 0 Å². The fourth-order valence-corrected chi connectivity index (χ4v) is 2.40. The molecule has 1 N–H and O–H groups in total. The van der Waals surface area contributed by atoms with Crippen LogP contribution in [0.2, 0.25) is 0 Å². The van der Waals surface area contributed by atoms with Crippen LogP contribution in [-0.4, -0.2) is 23.2 Å². The van der Waals surface area contributed by atoms with Gasteiger partial charge in [-0.15, -0.1) is 11.8 Å². The van der Waals surface area contributed by atoms with Crippen molar-refractivity contribution in [2.45, 2.75) is 11.9 Å². The number of hydrogen-bond donors (Lipinski definition) is 1. The summed E-state index contributed by atoms with van der Waals surface area (Å²) in [5.41, 5.74) is 1.74. The lowest BCUT2D eigenvalue weighted by Crippen LogP contribution is -2.26. The van der Waals surface area contributed by atoms with Gasteiger partial charge in [-0.25, -0.2) is 4.98 Å². The lowest BCUT2D eigenvalue weighted by atomic mass is 10.1. The smallest absolute Gasteiger partial charge is 0.251 e. The minimum Gasteiger partial charge on any atom is -0.351 e. The van der Waals surface area contributed by atoms with Crippen molar-refractivity contribution in [1.82, 2.24) is 10.3 Å². The molecule has 3 nitrogen and oxygen atoms in total. The van der Waals surface area contributed by atoms with Crippen LogP contribution in [0.3, 0.4) is 0 Å². The lowest BCUT2D eigenvalue weighted by molar-refractivity contribution is 0.0955. The highest BCUT2D eigenvalue weighted by Gasteiger charge is 2.06. The number of thioether (sulfide) groups is 1. The first-order valence-electron chi connectivity index (χ1n) is 6.15. The summed E-state index contributed by atoms with van der Waals surface area (Å²) in [4.78, 5) is 16.2. The lowest BCUT2D eigenvalue weighted by Gasteiger charge is -2.07. The van der Waals surface area contributed by atoms with Crippen LogP contribution >= 0.6 is 11.8 Å². The Bertz CT molecular complexity index is 543. The second kappa shape index (κ2) is 6.95. The van der Waals surface area contributed by atoms with E-state index in [-0.39, 0.29) is 5.91 Å². The normalized spacial score (nSPS) is 10.2. The third-order valence-corrected chi connectivity index (χ3v) is 3.61. The van der Waals surface area contributed by atoms with Crippen LogP contribution in [0, 0.1) is 6.92 Å². The predicted octanol–water partition coefficient (Wildman–Crippen LogP) is 2.91. The number of carbonyl (C=O) groups excluding carboxylic acids is 1. The molecule has 98 valence electrons. The van der Waals surface area contributed by atoms with E-state index >= 15 is 0 Å². The fraction of sp³-hybridized carbons (Fsp3) is 0.200. The minimum absolute atomic E-state index is 0.0141. The zero-order valence-electron chi connectivity index (χ0n) is 10.8. The Morgan fingerprint density at radius 2 is 2.00 bits per heavy atom. The molecule has 0 fully saturated rings. The fourth-order valence-electron chi connectivity index (χ4n) is 1.68. The van der Waals surface area contributed by atoms with Gasteiger partial charge in [-0.3, -0.25) is 4.79 Å². The zero-order chi connectivity index (χ0) is 13.5. The van der Waals surface area contributed by atoms with E-state index in [1.54, 1.807) is 18.0 Å². The first kappa shape index (κ1) is 13.6. The van der Waals surface area contributed by atoms with Crippen molar-refractivity contribution in [2.24, 2.45) is 0 Å². The predicted molar refractivity (Wildman–Crippen MR) is 78.5 cm³/mol. The van der Waals surface area contributed by atoms with Crippen molar-refractivity contribution >= 4 is 17.7 Å². The Kier molecular flexibility index (Phi) is 4.98. The number of nitrogens with one attached hydrogen (secondary N) is 1. The molecule has 4 heteroatoms. The van der Waals surface area contributed by atoms with Crippen LogP contribution in [0.15, 0.2) is 53.7 Å². The molecule has 2 aromatic rings. The summed E-state index contributed by atoms with van der Waals surface area (Å²) in [5, 5.41) is 3.90. The van der Waals surface area contributed by atoms with Gasteiger partial charge in [0.15, 0.2) is 0 Å². The summed E-state index contributed by atoms with van der Waals surface area (Å²) in [6, 6.07) is 13.4. The van der Waals surface area contributed by atoms with E-state index in [1.165, 1.54) is 0 Å². The highest BCUT2D eigenvalue weighted by atomic mass is 32.2. The number of hydrogen-bond acceptors (Lipinski definition) is 3. The number of benzene rings is 1. The maximum Gasteiger partial charge on any atom is 0.251 e. The average molecular weight is 272 g/mol. The first-order chi connectivity index (χ1) is 9.27. The van der Waals surface area contributed by atoms with E-state index in [2.05, 4.69) is 10.3 Å². The number of rotatable bonds is 5. The molecule has 1 amide bonds. The van der Waals surface area contributed by atoms with Crippen molar-refractivity contribution in [3.8, 4) is 0 Å². The van der Waals surface area contributed by atoms with E-state index < -0.39 is 0 Å². The van der Waals surface area contributed by atoms with Gasteiger partial charge in [-0.2, -0.15) is 0 Å². The first-order valence-corrected chi connectivity index (χ1v) is 7.13. The third-order valence-electron chi connectivity index (χ3n) is 2.67. The molecule has 0 bridgehead atoms. The molecule has 19 heavy (non-hydrogen) atoms. The number of aromatic nitrogens is 1. The van der Waals surface area contributed by atoms with Crippen LogP contribution in [0.4, 0.5) is 0 Å². The topological polar surface area (TPSA) is 42.0 Å². The summed E-state index contributed by atoms with van der Waals surface area (Å²) in [6.45, 7) is 2.58. The summed E-state index contributed by atoms with van der Waals surface area (Å²) < 4.78 is 0. The zero-order valence-corrected chi connectivity index (χ0v) is 11.6. The largest absolute Gasteiger partial charge is 0.351 e. The van der Waals surface area contributed by atoms with Gasteiger partial charge in [0.05, 0.1) is 5.03 Å². The molecule has 1 aromatic heterocycles. The molecule has 2 rings (SSSR count). The molecular formula is C15H16N2OS. The van der Waals surface area contributed by atoms with Crippen molar-refractivity contribution in [2.75, 3.05) is 12.3 Å². The maximum atomic E-state index is 11.9. The van der Waals surface area contributed by atoms with Crippen LogP contribution in [0.5, 0.6) is 0 Å². The third kappa shape index (κ3) is 4.10. The Morgan fingerprint density at radius 3 is 2.74 bits per heavy atom. The number of amides is 1. The maximum absolute atomic E-state index is 11.9. The second-order valence-electron chi connectivity index (χ2n) is 4.09. The molecule has 0 atom stereocenters. The average Bonchev–Trinajstić information content (AvgIpc) is 2.45. The van der Waals surface area contributed by atoms with Gasteiger partial charge in [-0.05, 0) is 30.7 Å². The van der Waals surface area contributed by atoms with Crippen LogP contribution in [0.25, 0.3) is 0 Å². The van der Waals surface area contributed by atoms with E-state index in [4.69, 9.17) is 0 Å². The molecule has 0 unspecified atom stereocenters. The van der Waals surface area contributed by atoms with Gasteiger partial charge in [0, 0.05) is 24.1 Å². The number of aryl methyl sites for hydroxylation is 1. The molecule has 0 saturated heterocycles. The van der Waals surface area contributed by atoms with Gasteiger partial charge in [0.1, 0.15) is 0 Å². The summed E-state index contributed by atoms with van der Waals surface area (Å²) in [6.07, 6.45) is 1.77. The molecule has 0 spiro atoms. The minimum atomic E-state index is -0.0141. The van der Waals surface area contributed by atoms with Crippen molar-refractivity contribution in [1.29, 1.82) is 0 Å². The number of pyridine rings is 1. The SMILES string of the molecule is Cc1ccccc1C(=O)NCCSc1ccccn1. The summed E-state index contributed by atoms with van der Waals surface area (Å²) in [7, 11) is 0. The van der Waals surface area contributed by atoms with Gasteiger partial charge in [0.25, 0.3) is 5.91 Å². The van der Waals surface area contributed by atoms with Gasteiger partial charge < -0.3 is 5.32 Å². The van der Waals surface area contributed by atoms with Crippen molar-refractivity contribution in [3.05, 3.63) is 59.8 Å². The Morgan fingerprint density at radius 1 is 1.21 bits per heavy atom. The second-order valence-corrected chi connectivity index (χ2v) is 5.20. The highest BCUT2D eigenvalue weighted by Crippen LogP contribution is 2.12. The molecule has 0 aliphatic heterocycles.